The summed E-state index contributed by atoms with van der Waals surface area (Å²) < 4.78 is 7.61. The van der Waals surface area contributed by atoms with Crippen LogP contribution in [0.4, 0.5) is 0 Å². The van der Waals surface area contributed by atoms with Crippen molar-refractivity contribution in [2.75, 3.05) is 13.7 Å². The van der Waals surface area contributed by atoms with Crippen LogP contribution in [0.2, 0.25) is 0 Å². The van der Waals surface area contributed by atoms with E-state index in [1.807, 2.05) is 22.8 Å². The summed E-state index contributed by atoms with van der Waals surface area (Å²) in [5, 5.41) is 11.6. The Kier molecular flexibility index (Phi) is 3.80. The number of hydrogen-bond donors (Lipinski definition) is 1. The summed E-state index contributed by atoms with van der Waals surface area (Å²) >= 11 is 0. The molecule has 1 aromatic carbocycles. The Bertz CT molecular complexity index is 543. The van der Waals surface area contributed by atoms with Crippen LogP contribution in [0.15, 0.2) is 36.7 Å². The van der Waals surface area contributed by atoms with Gasteiger partial charge in [0.25, 0.3) is 0 Å². The number of benzene rings is 1. The van der Waals surface area contributed by atoms with E-state index >= 15 is 0 Å². The van der Waals surface area contributed by atoms with Crippen LogP contribution in [0.5, 0.6) is 0 Å². The molecule has 1 saturated carbocycles. The van der Waals surface area contributed by atoms with Gasteiger partial charge in [0.1, 0.15) is 6.33 Å². The minimum absolute atomic E-state index is 0.0393. The molecule has 0 atom stereocenters. The fourth-order valence-corrected chi connectivity index (χ4v) is 2.61. The van der Waals surface area contributed by atoms with Crippen LogP contribution in [0.1, 0.15) is 25.1 Å². The fraction of sp³-hybridized carbons (Fsp3) is 0.467. The average Bonchev–Trinajstić information content (AvgIpc) is 2.91. The third-order valence-electron chi connectivity index (χ3n) is 4.08. The topological polar surface area (TPSA) is 52.0 Å². The molecule has 0 amide bonds. The SMILES string of the molecule is COC1(CNCc2nncn2-c2ccccc2)CCC1. The van der Waals surface area contributed by atoms with Crippen molar-refractivity contribution < 1.29 is 4.74 Å². The van der Waals surface area contributed by atoms with E-state index in [-0.39, 0.29) is 5.60 Å². The van der Waals surface area contributed by atoms with Gasteiger partial charge in [0.05, 0.1) is 12.1 Å². The lowest BCUT2D eigenvalue weighted by molar-refractivity contribution is -0.0696. The molecule has 5 heteroatoms. The predicted molar refractivity (Wildman–Crippen MR) is 76.7 cm³/mol. The Balaban J connectivity index is 1.63. The highest BCUT2D eigenvalue weighted by Gasteiger charge is 2.36. The lowest BCUT2D eigenvalue weighted by Gasteiger charge is -2.40. The number of para-hydroxylation sites is 1. The third-order valence-corrected chi connectivity index (χ3v) is 4.08. The van der Waals surface area contributed by atoms with Crippen molar-refractivity contribution in [1.29, 1.82) is 0 Å². The number of nitrogens with zero attached hydrogens (tertiary/aromatic N) is 3. The summed E-state index contributed by atoms with van der Waals surface area (Å²) in [6, 6.07) is 10.1. The van der Waals surface area contributed by atoms with E-state index in [0.29, 0.717) is 6.54 Å². The average molecular weight is 272 g/mol. The standard InChI is InChI=1S/C15H20N4O/c1-20-15(8-5-9-15)11-16-10-14-18-17-12-19(14)13-6-3-2-4-7-13/h2-4,6-7,12,16H,5,8-11H2,1H3. The van der Waals surface area contributed by atoms with Crippen LogP contribution in [0.25, 0.3) is 5.69 Å². The van der Waals surface area contributed by atoms with Crippen LogP contribution < -0.4 is 5.32 Å². The van der Waals surface area contributed by atoms with Crippen LogP contribution in [0, 0.1) is 0 Å². The molecule has 1 N–H and O–H groups in total. The molecule has 1 aromatic heterocycles. The Morgan fingerprint density at radius 1 is 1.30 bits per heavy atom. The molecule has 0 spiro atoms. The highest BCUT2D eigenvalue weighted by molar-refractivity contribution is 5.31. The normalized spacial score (nSPS) is 16.9. The first-order chi connectivity index (χ1) is 9.83. The smallest absolute Gasteiger partial charge is 0.151 e. The van der Waals surface area contributed by atoms with E-state index in [0.717, 1.165) is 30.9 Å². The third kappa shape index (κ3) is 2.59. The monoisotopic (exact) mass is 272 g/mol. The maximum Gasteiger partial charge on any atom is 0.151 e. The zero-order chi connectivity index (χ0) is 13.8. The van der Waals surface area contributed by atoms with Crippen LogP contribution in [0.3, 0.4) is 0 Å². The van der Waals surface area contributed by atoms with Crippen LogP contribution in [-0.2, 0) is 11.3 Å². The summed E-state index contributed by atoms with van der Waals surface area (Å²) in [5.74, 6) is 0.918. The van der Waals surface area contributed by atoms with Gasteiger partial charge in [-0.15, -0.1) is 10.2 Å². The molecule has 0 unspecified atom stereocenters. The zero-order valence-corrected chi connectivity index (χ0v) is 11.7. The van der Waals surface area contributed by atoms with Crippen molar-refractivity contribution in [1.82, 2.24) is 20.1 Å². The largest absolute Gasteiger partial charge is 0.377 e. The van der Waals surface area contributed by atoms with Crippen molar-refractivity contribution in [2.45, 2.75) is 31.4 Å². The zero-order valence-electron chi connectivity index (χ0n) is 11.7. The second-order valence-electron chi connectivity index (χ2n) is 5.30. The molecule has 0 aliphatic heterocycles. The Morgan fingerprint density at radius 3 is 2.75 bits per heavy atom. The molecule has 5 nitrogen and oxygen atoms in total. The van der Waals surface area contributed by atoms with Crippen molar-refractivity contribution in [3.8, 4) is 5.69 Å². The molecular formula is C15H20N4O. The Labute approximate surface area is 119 Å². The quantitative estimate of drug-likeness (QED) is 0.873. The highest BCUT2D eigenvalue weighted by atomic mass is 16.5. The number of aromatic nitrogens is 3. The first-order valence-corrected chi connectivity index (χ1v) is 7.03. The van der Waals surface area contributed by atoms with Crippen molar-refractivity contribution in [2.24, 2.45) is 0 Å². The highest BCUT2D eigenvalue weighted by Crippen LogP contribution is 2.34. The van der Waals surface area contributed by atoms with E-state index in [1.165, 1.54) is 6.42 Å². The number of methoxy groups -OCH3 is 1. The first kappa shape index (κ1) is 13.3. The van der Waals surface area contributed by atoms with Gasteiger partial charge < -0.3 is 10.1 Å². The summed E-state index contributed by atoms with van der Waals surface area (Å²) in [6.45, 7) is 1.56. The van der Waals surface area contributed by atoms with Crippen molar-refractivity contribution in [3.05, 3.63) is 42.5 Å². The second-order valence-corrected chi connectivity index (χ2v) is 5.30. The van der Waals surface area contributed by atoms with Crippen molar-refractivity contribution in [3.63, 3.8) is 0 Å². The molecule has 20 heavy (non-hydrogen) atoms. The minimum atomic E-state index is 0.0393. The van der Waals surface area contributed by atoms with Gasteiger partial charge in [0.2, 0.25) is 0 Å². The number of nitrogens with one attached hydrogen (secondary N) is 1. The summed E-state index contributed by atoms with van der Waals surface area (Å²) in [5.41, 5.74) is 1.12. The molecule has 1 aliphatic carbocycles. The second kappa shape index (κ2) is 5.73. The summed E-state index contributed by atoms with van der Waals surface area (Å²) in [7, 11) is 1.80. The predicted octanol–water partition coefficient (Wildman–Crippen LogP) is 1.93. The van der Waals surface area contributed by atoms with Gasteiger partial charge >= 0.3 is 0 Å². The molecule has 0 saturated heterocycles. The van der Waals surface area contributed by atoms with E-state index in [4.69, 9.17) is 4.74 Å². The molecule has 0 bridgehead atoms. The minimum Gasteiger partial charge on any atom is -0.377 e. The molecule has 2 aromatic rings. The van der Waals surface area contributed by atoms with Gasteiger partial charge in [-0.2, -0.15) is 0 Å². The lowest BCUT2D eigenvalue weighted by atomic mass is 9.80. The number of hydrogen-bond acceptors (Lipinski definition) is 4. The number of rotatable bonds is 6. The van der Waals surface area contributed by atoms with Gasteiger partial charge in [-0.3, -0.25) is 4.57 Å². The van der Waals surface area contributed by atoms with E-state index in [2.05, 4.69) is 27.6 Å². The molecule has 106 valence electrons. The lowest BCUT2D eigenvalue weighted by Crippen LogP contribution is -2.47. The summed E-state index contributed by atoms with van der Waals surface area (Å²) in [4.78, 5) is 0. The fourth-order valence-electron chi connectivity index (χ4n) is 2.61. The maximum absolute atomic E-state index is 5.60. The van der Waals surface area contributed by atoms with Crippen LogP contribution >= 0.6 is 0 Å². The van der Waals surface area contributed by atoms with Gasteiger partial charge in [0.15, 0.2) is 5.82 Å². The van der Waals surface area contributed by atoms with E-state index in [1.54, 1.807) is 13.4 Å². The molecule has 1 fully saturated rings. The maximum atomic E-state index is 5.60. The molecule has 1 aliphatic rings. The first-order valence-electron chi connectivity index (χ1n) is 7.03. The molecule has 3 rings (SSSR count). The summed E-state index contributed by atoms with van der Waals surface area (Å²) in [6.07, 6.45) is 5.29. The van der Waals surface area contributed by atoms with E-state index in [9.17, 15) is 0 Å². The Hall–Kier alpha value is -1.72. The van der Waals surface area contributed by atoms with Gasteiger partial charge in [-0.1, -0.05) is 18.2 Å². The molecular weight excluding hydrogens is 252 g/mol. The van der Waals surface area contributed by atoms with Gasteiger partial charge in [-0.25, -0.2) is 0 Å². The van der Waals surface area contributed by atoms with Crippen molar-refractivity contribution >= 4 is 0 Å². The Morgan fingerprint density at radius 2 is 2.10 bits per heavy atom. The van der Waals surface area contributed by atoms with Gasteiger partial charge in [-0.05, 0) is 31.4 Å². The van der Waals surface area contributed by atoms with E-state index < -0.39 is 0 Å². The number of ether oxygens (including phenoxy) is 1. The molecule has 1 heterocycles. The molecule has 0 radical (unpaired) electrons. The van der Waals surface area contributed by atoms with Crippen LogP contribution in [-0.4, -0.2) is 34.0 Å². The van der Waals surface area contributed by atoms with Gasteiger partial charge in [0, 0.05) is 19.3 Å².